The average Bonchev–Trinajstić information content (AvgIpc) is 3.12. The van der Waals surface area contributed by atoms with Gasteiger partial charge in [-0.15, -0.1) is 12.4 Å². The van der Waals surface area contributed by atoms with E-state index in [0.29, 0.717) is 36.6 Å². The second kappa shape index (κ2) is 7.13. The molecule has 2 aliphatic rings. The number of hydrogen-bond donors (Lipinski definition) is 3. The van der Waals surface area contributed by atoms with Crippen molar-refractivity contribution >= 4 is 29.9 Å². The minimum atomic E-state index is -0.415. The monoisotopic (exact) mass is 348 g/mol. The first-order valence-corrected chi connectivity index (χ1v) is 7.56. The van der Waals surface area contributed by atoms with Crippen LogP contribution in [0.1, 0.15) is 17.9 Å². The van der Waals surface area contributed by atoms with E-state index in [1.807, 2.05) is 0 Å². The van der Waals surface area contributed by atoms with Crippen LogP contribution in [-0.2, 0) is 4.79 Å². The Bertz CT molecular complexity index is 538. The zero-order chi connectivity index (χ0) is 15.0. The van der Waals surface area contributed by atoms with Crippen molar-refractivity contribution in [2.45, 2.75) is 18.4 Å². The summed E-state index contributed by atoms with van der Waals surface area (Å²) in [4.78, 5) is 12.1. The van der Waals surface area contributed by atoms with Crippen molar-refractivity contribution in [2.24, 2.45) is 11.8 Å². The second-order valence-electron chi connectivity index (χ2n) is 5.81. The molecular formula is C15H19Cl2FN2O2. The third-order valence-electron chi connectivity index (χ3n) is 4.34. The molecule has 122 valence electrons. The molecule has 3 rings (SSSR count). The van der Waals surface area contributed by atoms with E-state index in [2.05, 4.69) is 10.6 Å². The van der Waals surface area contributed by atoms with Gasteiger partial charge in [0.2, 0.25) is 5.91 Å². The molecule has 1 aliphatic carbocycles. The summed E-state index contributed by atoms with van der Waals surface area (Å²) in [5.41, 5.74) is 0.446. The van der Waals surface area contributed by atoms with Crippen molar-refractivity contribution in [3.05, 3.63) is 34.6 Å². The summed E-state index contributed by atoms with van der Waals surface area (Å²) in [6.07, 6.45) is 0.208. The van der Waals surface area contributed by atoms with Crippen LogP contribution in [0.2, 0.25) is 5.02 Å². The van der Waals surface area contributed by atoms with E-state index in [1.54, 1.807) is 12.1 Å². The first-order chi connectivity index (χ1) is 10.1. The van der Waals surface area contributed by atoms with Crippen LogP contribution in [0.3, 0.4) is 0 Å². The molecule has 1 amide bonds. The molecular weight excluding hydrogens is 330 g/mol. The van der Waals surface area contributed by atoms with Crippen LogP contribution >= 0.6 is 24.0 Å². The Morgan fingerprint density at radius 2 is 2.23 bits per heavy atom. The van der Waals surface area contributed by atoms with Gasteiger partial charge in [-0.05, 0) is 18.6 Å². The van der Waals surface area contributed by atoms with Crippen molar-refractivity contribution in [2.75, 3.05) is 19.6 Å². The van der Waals surface area contributed by atoms with Crippen LogP contribution in [0.15, 0.2) is 18.2 Å². The molecule has 7 heteroatoms. The van der Waals surface area contributed by atoms with Gasteiger partial charge in [0.25, 0.3) is 0 Å². The quantitative estimate of drug-likeness (QED) is 0.776. The fourth-order valence-corrected chi connectivity index (χ4v) is 3.26. The summed E-state index contributed by atoms with van der Waals surface area (Å²) in [5, 5.41) is 16.0. The molecule has 0 radical (unpaired) electrons. The lowest BCUT2D eigenvalue weighted by Crippen LogP contribution is -2.35. The Hall–Kier alpha value is -0.880. The molecule has 2 fully saturated rings. The van der Waals surface area contributed by atoms with Crippen molar-refractivity contribution in [3.63, 3.8) is 0 Å². The Morgan fingerprint density at radius 1 is 1.45 bits per heavy atom. The number of carbonyl (C=O) groups excluding carboxylic acids is 1. The number of aliphatic hydroxyl groups excluding tert-OH is 1. The van der Waals surface area contributed by atoms with Gasteiger partial charge in [-0.25, -0.2) is 4.39 Å². The SMILES string of the molecule is Cl.O=C(NCC1CNCC1O)C1CC1c1c(F)cccc1Cl. The Balaban J connectivity index is 0.00000176. The molecule has 4 unspecified atom stereocenters. The van der Waals surface area contributed by atoms with Crippen molar-refractivity contribution in [1.29, 1.82) is 0 Å². The number of rotatable bonds is 4. The van der Waals surface area contributed by atoms with Crippen LogP contribution in [0.5, 0.6) is 0 Å². The van der Waals surface area contributed by atoms with Gasteiger partial charge < -0.3 is 15.7 Å². The predicted molar refractivity (Wildman–Crippen MR) is 84.9 cm³/mol. The topological polar surface area (TPSA) is 61.4 Å². The maximum absolute atomic E-state index is 13.8. The normalized spacial score (nSPS) is 29.8. The van der Waals surface area contributed by atoms with Gasteiger partial charge >= 0.3 is 0 Å². The van der Waals surface area contributed by atoms with E-state index in [4.69, 9.17) is 11.6 Å². The molecule has 0 bridgehead atoms. The van der Waals surface area contributed by atoms with Crippen LogP contribution < -0.4 is 10.6 Å². The molecule has 1 saturated heterocycles. The van der Waals surface area contributed by atoms with E-state index in [-0.39, 0.29) is 41.9 Å². The Morgan fingerprint density at radius 3 is 2.86 bits per heavy atom. The first-order valence-electron chi connectivity index (χ1n) is 7.18. The highest BCUT2D eigenvalue weighted by molar-refractivity contribution is 6.31. The van der Waals surface area contributed by atoms with Crippen LogP contribution in [0.25, 0.3) is 0 Å². The van der Waals surface area contributed by atoms with Crippen molar-refractivity contribution in [3.8, 4) is 0 Å². The van der Waals surface area contributed by atoms with Gasteiger partial charge in [0.15, 0.2) is 0 Å². The van der Waals surface area contributed by atoms with E-state index >= 15 is 0 Å². The summed E-state index contributed by atoms with van der Waals surface area (Å²) in [5.74, 6) is -0.740. The molecule has 1 aliphatic heterocycles. The largest absolute Gasteiger partial charge is 0.391 e. The fourth-order valence-electron chi connectivity index (χ4n) is 2.96. The standard InChI is InChI=1S/C15H18ClFN2O2.ClH/c16-11-2-1-3-12(17)14(11)9-4-10(9)15(21)19-6-8-5-18-7-13(8)20;/h1-3,8-10,13,18,20H,4-7H2,(H,19,21);1H. The Labute approximate surface area is 139 Å². The zero-order valence-corrected chi connectivity index (χ0v) is 13.5. The second-order valence-corrected chi connectivity index (χ2v) is 6.22. The summed E-state index contributed by atoms with van der Waals surface area (Å²) in [6, 6.07) is 4.58. The lowest BCUT2D eigenvalue weighted by atomic mass is 10.1. The Kier molecular flexibility index (Phi) is 5.66. The van der Waals surface area contributed by atoms with Gasteiger partial charge in [0.05, 0.1) is 6.10 Å². The number of amides is 1. The minimum Gasteiger partial charge on any atom is -0.391 e. The van der Waals surface area contributed by atoms with Gasteiger partial charge in [-0.1, -0.05) is 17.7 Å². The molecule has 1 aromatic rings. The number of hydrogen-bond acceptors (Lipinski definition) is 3. The van der Waals surface area contributed by atoms with Gasteiger partial charge in [0, 0.05) is 48.0 Å². The molecule has 0 aromatic heterocycles. The maximum Gasteiger partial charge on any atom is 0.223 e. The van der Waals surface area contributed by atoms with Crippen LogP contribution in [0, 0.1) is 17.7 Å². The molecule has 3 N–H and O–H groups in total. The van der Waals surface area contributed by atoms with E-state index < -0.39 is 6.10 Å². The third-order valence-corrected chi connectivity index (χ3v) is 4.67. The number of halogens is 3. The predicted octanol–water partition coefficient (Wildman–Crippen LogP) is 1.70. The lowest BCUT2D eigenvalue weighted by molar-refractivity contribution is -0.122. The van der Waals surface area contributed by atoms with E-state index in [0.717, 1.165) is 0 Å². The molecule has 4 nitrogen and oxygen atoms in total. The van der Waals surface area contributed by atoms with Crippen LogP contribution in [-0.4, -0.2) is 36.8 Å². The molecule has 1 saturated carbocycles. The number of β-amino-alcohol motifs (C(OH)–C–C–N with tert-alkyl or cyclic N) is 1. The number of aliphatic hydroxyl groups is 1. The lowest BCUT2D eigenvalue weighted by Gasteiger charge is -2.14. The van der Waals surface area contributed by atoms with E-state index in [9.17, 15) is 14.3 Å². The number of benzene rings is 1. The summed E-state index contributed by atoms with van der Waals surface area (Å²) in [7, 11) is 0. The highest BCUT2D eigenvalue weighted by Gasteiger charge is 2.46. The fraction of sp³-hybridized carbons (Fsp3) is 0.533. The highest BCUT2D eigenvalue weighted by Crippen LogP contribution is 2.50. The summed E-state index contributed by atoms with van der Waals surface area (Å²) < 4.78 is 13.8. The van der Waals surface area contributed by atoms with Gasteiger partial charge in [-0.3, -0.25) is 4.79 Å². The molecule has 0 spiro atoms. The first kappa shape index (κ1) is 17.5. The molecule has 4 atom stereocenters. The maximum atomic E-state index is 13.8. The van der Waals surface area contributed by atoms with Crippen molar-refractivity contribution < 1.29 is 14.3 Å². The smallest absolute Gasteiger partial charge is 0.223 e. The van der Waals surface area contributed by atoms with Gasteiger partial charge in [0.1, 0.15) is 5.82 Å². The number of nitrogens with one attached hydrogen (secondary N) is 2. The minimum absolute atomic E-state index is 0. The third kappa shape index (κ3) is 3.54. The summed E-state index contributed by atoms with van der Waals surface area (Å²) >= 11 is 6.02. The molecule has 22 heavy (non-hydrogen) atoms. The van der Waals surface area contributed by atoms with Gasteiger partial charge in [-0.2, -0.15) is 0 Å². The average molecular weight is 349 g/mol. The number of carbonyl (C=O) groups is 1. The molecule has 1 heterocycles. The van der Waals surface area contributed by atoms with Crippen molar-refractivity contribution in [1.82, 2.24) is 10.6 Å². The highest BCUT2D eigenvalue weighted by atomic mass is 35.5. The van der Waals surface area contributed by atoms with Crippen LogP contribution in [0.4, 0.5) is 4.39 Å². The summed E-state index contributed by atoms with van der Waals surface area (Å²) in [6.45, 7) is 1.72. The zero-order valence-electron chi connectivity index (χ0n) is 11.9. The van der Waals surface area contributed by atoms with E-state index in [1.165, 1.54) is 6.07 Å². The molecule has 1 aromatic carbocycles.